The van der Waals surface area contributed by atoms with E-state index in [4.69, 9.17) is 14.6 Å². The molecule has 0 atom stereocenters. The SMILES string of the molecule is COc1cccc(/C=C/C(=O)O)c1OC(C)=O. The Kier molecular flexibility index (Phi) is 4.28. The molecule has 5 nitrogen and oxygen atoms in total. The zero-order chi connectivity index (χ0) is 12.8. The van der Waals surface area contributed by atoms with Crippen LogP contribution >= 0.6 is 0 Å². The van der Waals surface area contributed by atoms with Crippen LogP contribution in [-0.2, 0) is 9.59 Å². The van der Waals surface area contributed by atoms with Crippen molar-refractivity contribution in [2.24, 2.45) is 0 Å². The Labute approximate surface area is 98.3 Å². The molecule has 1 aromatic rings. The number of aliphatic carboxylic acids is 1. The molecule has 0 aliphatic carbocycles. The average Bonchev–Trinajstić information content (AvgIpc) is 2.26. The summed E-state index contributed by atoms with van der Waals surface area (Å²) < 4.78 is 10.0. The van der Waals surface area contributed by atoms with Gasteiger partial charge in [-0.25, -0.2) is 4.79 Å². The molecule has 0 spiro atoms. The van der Waals surface area contributed by atoms with E-state index in [-0.39, 0.29) is 5.75 Å². The van der Waals surface area contributed by atoms with E-state index in [2.05, 4.69) is 0 Å². The summed E-state index contributed by atoms with van der Waals surface area (Å²) in [6, 6.07) is 4.92. The number of hydrogen-bond acceptors (Lipinski definition) is 4. The van der Waals surface area contributed by atoms with Gasteiger partial charge in [0.1, 0.15) is 0 Å². The fourth-order valence-electron chi connectivity index (χ4n) is 1.24. The maximum absolute atomic E-state index is 11.0. The minimum Gasteiger partial charge on any atom is -0.493 e. The van der Waals surface area contributed by atoms with Crippen LogP contribution in [0.25, 0.3) is 6.08 Å². The van der Waals surface area contributed by atoms with E-state index in [1.165, 1.54) is 20.1 Å². The number of benzene rings is 1. The topological polar surface area (TPSA) is 72.8 Å². The molecule has 1 aromatic carbocycles. The molecule has 0 bridgehead atoms. The molecule has 1 N–H and O–H groups in total. The predicted molar refractivity (Wildman–Crippen MR) is 61.0 cm³/mol. The van der Waals surface area contributed by atoms with Gasteiger partial charge in [-0.15, -0.1) is 0 Å². The van der Waals surface area contributed by atoms with Crippen LogP contribution in [0.5, 0.6) is 11.5 Å². The molecule has 0 saturated carbocycles. The van der Waals surface area contributed by atoms with Crippen molar-refractivity contribution in [3.05, 3.63) is 29.8 Å². The lowest BCUT2D eigenvalue weighted by Crippen LogP contribution is -2.04. The maximum Gasteiger partial charge on any atom is 0.328 e. The first-order chi connectivity index (χ1) is 8.04. The van der Waals surface area contributed by atoms with Crippen molar-refractivity contribution in [3.8, 4) is 11.5 Å². The average molecular weight is 236 g/mol. The van der Waals surface area contributed by atoms with E-state index in [0.29, 0.717) is 11.3 Å². The molecule has 0 heterocycles. The first-order valence-electron chi connectivity index (χ1n) is 4.81. The number of rotatable bonds is 4. The van der Waals surface area contributed by atoms with Crippen LogP contribution in [-0.4, -0.2) is 24.2 Å². The van der Waals surface area contributed by atoms with Crippen molar-refractivity contribution >= 4 is 18.0 Å². The number of hydrogen-bond donors (Lipinski definition) is 1. The quantitative estimate of drug-likeness (QED) is 0.489. The van der Waals surface area contributed by atoms with Crippen molar-refractivity contribution in [2.75, 3.05) is 7.11 Å². The number of carbonyl (C=O) groups excluding carboxylic acids is 1. The molecule has 0 amide bonds. The second kappa shape index (κ2) is 5.69. The van der Waals surface area contributed by atoms with E-state index in [1.54, 1.807) is 18.2 Å². The van der Waals surface area contributed by atoms with Crippen molar-refractivity contribution in [2.45, 2.75) is 6.92 Å². The second-order valence-corrected chi connectivity index (χ2v) is 3.14. The van der Waals surface area contributed by atoms with Gasteiger partial charge < -0.3 is 14.6 Å². The molecule has 0 unspecified atom stereocenters. The maximum atomic E-state index is 11.0. The Morgan fingerprint density at radius 1 is 1.35 bits per heavy atom. The third-order valence-corrected chi connectivity index (χ3v) is 1.88. The van der Waals surface area contributed by atoms with E-state index < -0.39 is 11.9 Å². The summed E-state index contributed by atoms with van der Waals surface area (Å²) in [4.78, 5) is 21.4. The zero-order valence-corrected chi connectivity index (χ0v) is 9.47. The smallest absolute Gasteiger partial charge is 0.328 e. The fraction of sp³-hybridized carbons (Fsp3) is 0.167. The molecule has 0 fully saturated rings. The molecule has 0 aromatic heterocycles. The molecule has 0 radical (unpaired) electrons. The van der Waals surface area contributed by atoms with Crippen LogP contribution in [0.4, 0.5) is 0 Å². The number of ether oxygens (including phenoxy) is 2. The van der Waals surface area contributed by atoms with E-state index in [1.807, 2.05) is 0 Å². The van der Waals surface area contributed by atoms with Crippen LogP contribution < -0.4 is 9.47 Å². The Morgan fingerprint density at radius 2 is 2.06 bits per heavy atom. The van der Waals surface area contributed by atoms with Gasteiger partial charge >= 0.3 is 11.9 Å². The lowest BCUT2D eigenvalue weighted by Gasteiger charge is -2.10. The molecular weight excluding hydrogens is 224 g/mol. The van der Waals surface area contributed by atoms with E-state index >= 15 is 0 Å². The lowest BCUT2D eigenvalue weighted by molar-refractivity contribution is -0.132. The second-order valence-electron chi connectivity index (χ2n) is 3.14. The molecule has 17 heavy (non-hydrogen) atoms. The molecule has 0 saturated heterocycles. The first-order valence-corrected chi connectivity index (χ1v) is 4.81. The van der Waals surface area contributed by atoms with Crippen LogP contribution in [0.3, 0.4) is 0 Å². The highest BCUT2D eigenvalue weighted by Crippen LogP contribution is 2.32. The Hall–Kier alpha value is -2.30. The van der Waals surface area contributed by atoms with Gasteiger partial charge in [0.2, 0.25) is 0 Å². The molecule has 1 rings (SSSR count). The van der Waals surface area contributed by atoms with E-state index in [9.17, 15) is 9.59 Å². The van der Waals surface area contributed by atoms with Gasteiger partial charge in [0.25, 0.3) is 0 Å². The summed E-state index contributed by atoms with van der Waals surface area (Å²) in [7, 11) is 1.44. The van der Waals surface area contributed by atoms with Crippen LogP contribution in [0.15, 0.2) is 24.3 Å². The summed E-state index contributed by atoms with van der Waals surface area (Å²) in [6.45, 7) is 1.26. The predicted octanol–water partition coefficient (Wildman–Crippen LogP) is 1.72. The summed E-state index contributed by atoms with van der Waals surface area (Å²) in [5.41, 5.74) is 0.460. The van der Waals surface area contributed by atoms with Crippen LogP contribution in [0.1, 0.15) is 12.5 Å². The normalized spacial score (nSPS) is 10.2. The van der Waals surface area contributed by atoms with Gasteiger partial charge in [-0.3, -0.25) is 4.79 Å². The van der Waals surface area contributed by atoms with Gasteiger partial charge in [-0.05, 0) is 12.1 Å². The first kappa shape index (κ1) is 12.8. The summed E-state index contributed by atoms with van der Waals surface area (Å²) in [5, 5.41) is 8.55. The highest BCUT2D eigenvalue weighted by Gasteiger charge is 2.10. The summed E-state index contributed by atoms with van der Waals surface area (Å²) in [5.74, 6) is -1.01. The summed E-state index contributed by atoms with van der Waals surface area (Å²) >= 11 is 0. The largest absolute Gasteiger partial charge is 0.493 e. The van der Waals surface area contributed by atoms with Crippen molar-refractivity contribution in [1.82, 2.24) is 0 Å². The monoisotopic (exact) mass is 236 g/mol. The Morgan fingerprint density at radius 3 is 2.59 bits per heavy atom. The van der Waals surface area contributed by atoms with Gasteiger partial charge in [-0.2, -0.15) is 0 Å². The molecule has 0 aliphatic heterocycles. The highest BCUT2D eigenvalue weighted by molar-refractivity contribution is 5.86. The van der Waals surface area contributed by atoms with Crippen molar-refractivity contribution in [1.29, 1.82) is 0 Å². The Balaban J connectivity index is 3.18. The Bertz CT molecular complexity index is 462. The molecule has 0 aliphatic rings. The van der Waals surface area contributed by atoms with Gasteiger partial charge in [-0.1, -0.05) is 12.1 Å². The number of carbonyl (C=O) groups is 2. The molecule has 5 heteroatoms. The minimum absolute atomic E-state index is 0.208. The third-order valence-electron chi connectivity index (χ3n) is 1.88. The standard InChI is InChI=1S/C12H12O5/c1-8(13)17-12-9(6-7-11(14)15)4-3-5-10(12)16-2/h3-7H,1-2H3,(H,14,15)/b7-6+. The van der Waals surface area contributed by atoms with E-state index in [0.717, 1.165) is 6.08 Å². The van der Waals surface area contributed by atoms with Crippen molar-refractivity contribution < 1.29 is 24.2 Å². The van der Waals surface area contributed by atoms with Crippen molar-refractivity contribution in [3.63, 3.8) is 0 Å². The van der Waals surface area contributed by atoms with Gasteiger partial charge in [0.05, 0.1) is 7.11 Å². The molecule has 90 valence electrons. The van der Waals surface area contributed by atoms with Crippen LogP contribution in [0, 0.1) is 0 Å². The summed E-state index contributed by atoms with van der Waals surface area (Å²) in [6.07, 6.45) is 2.30. The van der Waals surface area contributed by atoms with Gasteiger partial charge in [0, 0.05) is 18.6 Å². The number of para-hydroxylation sites is 1. The zero-order valence-electron chi connectivity index (χ0n) is 9.47. The lowest BCUT2D eigenvalue weighted by atomic mass is 10.1. The number of esters is 1. The number of methoxy groups -OCH3 is 1. The number of carboxylic acid groups (broad SMARTS) is 1. The van der Waals surface area contributed by atoms with Crippen LogP contribution in [0.2, 0.25) is 0 Å². The minimum atomic E-state index is -1.08. The fourth-order valence-corrected chi connectivity index (χ4v) is 1.24. The van der Waals surface area contributed by atoms with Gasteiger partial charge in [0.15, 0.2) is 11.5 Å². The number of carboxylic acids is 1. The highest BCUT2D eigenvalue weighted by atomic mass is 16.6. The third kappa shape index (κ3) is 3.64. The molecular formula is C12H12O5.